The van der Waals surface area contributed by atoms with Crippen molar-refractivity contribution in [3.05, 3.63) is 65.5 Å². The van der Waals surface area contributed by atoms with Crippen molar-refractivity contribution >= 4 is 16.9 Å². The molecule has 2 aromatic carbocycles. The number of imidazole rings is 1. The summed E-state index contributed by atoms with van der Waals surface area (Å²) in [5, 5.41) is 3.05. The minimum absolute atomic E-state index is 0.0640. The fourth-order valence-corrected chi connectivity index (χ4v) is 3.31. The predicted molar refractivity (Wildman–Crippen MR) is 111 cm³/mol. The highest BCUT2D eigenvalue weighted by atomic mass is 16.1. The monoisotopic (exact) mass is 363 g/mol. The van der Waals surface area contributed by atoms with E-state index in [9.17, 15) is 4.79 Å². The van der Waals surface area contributed by atoms with Gasteiger partial charge in [0.05, 0.1) is 17.5 Å². The summed E-state index contributed by atoms with van der Waals surface area (Å²) in [7, 11) is 0. The molecule has 1 heterocycles. The van der Waals surface area contributed by atoms with Gasteiger partial charge in [-0.25, -0.2) is 4.98 Å². The van der Waals surface area contributed by atoms with Crippen LogP contribution >= 0.6 is 0 Å². The van der Waals surface area contributed by atoms with E-state index >= 15 is 0 Å². The maximum Gasteiger partial charge on any atom is 0.224 e. The van der Waals surface area contributed by atoms with Crippen molar-refractivity contribution in [1.82, 2.24) is 14.9 Å². The van der Waals surface area contributed by atoms with Crippen LogP contribution in [0.3, 0.4) is 0 Å². The van der Waals surface area contributed by atoms with Gasteiger partial charge < -0.3 is 9.88 Å². The van der Waals surface area contributed by atoms with Crippen molar-refractivity contribution in [2.75, 3.05) is 6.54 Å². The summed E-state index contributed by atoms with van der Waals surface area (Å²) in [6, 6.07) is 16.3. The van der Waals surface area contributed by atoms with Crippen LogP contribution in [-0.4, -0.2) is 22.0 Å². The molecule has 1 N–H and O–H groups in total. The number of benzene rings is 2. The van der Waals surface area contributed by atoms with Gasteiger partial charge >= 0.3 is 0 Å². The summed E-state index contributed by atoms with van der Waals surface area (Å²) in [4.78, 5) is 17.1. The molecule has 3 rings (SSSR count). The SMILES string of the molecule is Cc1ccccc1CC(=O)NCCc1nc2ccccc2n1CCC(C)C. The van der Waals surface area contributed by atoms with Crippen LogP contribution in [0.4, 0.5) is 0 Å². The number of para-hydroxylation sites is 2. The molecule has 0 aliphatic heterocycles. The molecule has 0 saturated heterocycles. The lowest BCUT2D eigenvalue weighted by atomic mass is 10.1. The second kappa shape index (κ2) is 8.85. The average molecular weight is 364 g/mol. The third kappa shape index (κ3) is 4.97. The van der Waals surface area contributed by atoms with Crippen molar-refractivity contribution in [3.63, 3.8) is 0 Å². The van der Waals surface area contributed by atoms with Crippen molar-refractivity contribution in [2.24, 2.45) is 5.92 Å². The van der Waals surface area contributed by atoms with E-state index in [1.54, 1.807) is 0 Å². The molecule has 0 saturated carbocycles. The standard InChI is InChI=1S/C23H29N3O/c1-17(2)13-15-26-21-11-7-6-10-20(21)25-22(26)12-14-24-23(27)16-19-9-5-4-8-18(19)3/h4-11,17H,12-16H2,1-3H3,(H,24,27). The maximum absolute atomic E-state index is 12.3. The lowest BCUT2D eigenvalue weighted by Crippen LogP contribution is -2.28. The number of fused-ring (bicyclic) bond motifs is 1. The van der Waals surface area contributed by atoms with Gasteiger partial charge in [0, 0.05) is 19.5 Å². The van der Waals surface area contributed by atoms with Crippen LogP contribution in [0.15, 0.2) is 48.5 Å². The van der Waals surface area contributed by atoms with Gasteiger partial charge in [0.1, 0.15) is 5.82 Å². The average Bonchev–Trinajstić information content (AvgIpc) is 2.99. The van der Waals surface area contributed by atoms with Gasteiger partial charge in [-0.3, -0.25) is 4.79 Å². The normalized spacial score (nSPS) is 11.3. The van der Waals surface area contributed by atoms with Crippen LogP contribution in [0.25, 0.3) is 11.0 Å². The summed E-state index contributed by atoms with van der Waals surface area (Å²) >= 11 is 0. The molecule has 0 unspecified atom stereocenters. The molecule has 0 fully saturated rings. The number of nitrogens with zero attached hydrogens (tertiary/aromatic N) is 2. The highest BCUT2D eigenvalue weighted by Gasteiger charge is 2.11. The summed E-state index contributed by atoms with van der Waals surface area (Å²) in [6.45, 7) is 8.09. The van der Waals surface area contributed by atoms with Crippen molar-refractivity contribution < 1.29 is 4.79 Å². The first kappa shape index (κ1) is 19.2. The van der Waals surface area contributed by atoms with Crippen molar-refractivity contribution in [2.45, 2.75) is 46.6 Å². The first-order chi connectivity index (χ1) is 13.0. The number of rotatable bonds is 8. The Morgan fingerprint density at radius 2 is 1.85 bits per heavy atom. The molecule has 0 spiro atoms. The van der Waals surface area contributed by atoms with Crippen LogP contribution in [0.2, 0.25) is 0 Å². The molecule has 142 valence electrons. The lowest BCUT2D eigenvalue weighted by Gasteiger charge is -2.12. The quantitative estimate of drug-likeness (QED) is 0.649. The van der Waals surface area contributed by atoms with E-state index in [0.29, 0.717) is 18.9 Å². The number of aromatic nitrogens is 2. The Kier molecular flexibility index (Phi) is 6.28. The number of aryl methyl sites for hydroxylation is 2. The largest absolute Gasteiger partial charge is 0.355 e. The first-order valence-electron chi connectivity index (χ1n) is 9.80. The minimum Gasteiger partial charge on any atom is -0.355 e. The smallest absolute Gasteiger partial charge is 0.224 e. The second-order valence-corrected chi connectivity index (χ2v) is 7.55. The maximum atomic E-state index is 12.3. The molecule has 3 aromatic rings. The first-order valence-corrected chi connectivity index (χ1v) is 9.80. The number of carbonyl (C=O) groups excluding carboxylic acids is 1. The third-order valence-corrected chi connectivity index (χ3v) is 4.95. The number of hydrogen-bond acceptors (Lipinski definition) is 2. The molecule has 4 heteroatoms. The van der Waals surface area contributed by atoms with Gasteiger partial charge in [0.2, 0.25) is 5.91 Å². The third-order valence-electron chi connectivity index (χ3n) is 4.95. The number of nitrogens with one attached hydrogen (secondary N) is 1. The molecule has 0 bridgehead atoms. The minimum atomic E-state index is 0.0640. The topological polar surface area (TPSA) is 46.9 Å². The van der Waals surface area contributed by atoms with Gasteiger partial charge in [0.15, 0.2) is 0 Å². The van der Waals surface area contributed by atoms with Crippen molar-refractivity contribution in [1.29, 1.82) is 0 Å². The van der Waals surface area contributed by atoms with E-state index < -0.39 is 0 Å². The van der Waals surface area contributed by atoms with E-state index in [-0.39, 0.29) is 5.91 Å². The lowest BCUT2D eigenvalue weighted by molar-refractivity contribution is -0.120. The number of hydrogen-bond donors (Lipinski definition) is 1. The Labute approximate surface area is 161 Å². The van der Waals surface area contributed by atoms with E-state index in [2.05, 4.69) is 41.9 Å². The Morgan fingerprint density at radius 3 is 2.63 bits per heavy atom. The Bertz CT molecular complexity index is 911. The van der Waals surface area contributed by atoms with Crippen LogP contribution in [0.5, 0.6) is 0 Å². The van der Waals surface area contributed by atoms with Crippen LogP contribution in [-0.2, 0) is 24.2 Å². The van der Waals surface area contributed by atoms with Crippen LogP contribution in [0, 0.1) is 12.8 Å². The van der Waals surface area contributed by atoms with E-state index in [0.717, 1.165) is 41.9 Å². The number of amides is 1. The van der Waals surface area contributed by atoms with Gasteiger partial charge in [-0.2, -0.15) is 0 Å². The zero-order valence-electron chi connectivity index (χ0n) is 16.5. The molecule has 0 radical (unpaired) electrons. The highest BCUT2D eigenvalue weighted by Crippen LogP contribution is 2.18. The fourth-order valence-electron chi connectivity index (χ4n) is 3.31. The van der Waals surface area contributed by atoms with E-state index in [1.165, 1.54) is 5.52 Å². The van der Waals surface area contributed by atoms with Crippen molar-refractivity contribution in [3.8, 4) is 0 Å². The molecule has 1 aromatic heterocycles. The van der Waals surface area contributed by atoms with Gasteiger partial charge in [-0.1, -0.05) is 50.2 Å². The molecular weight excluding hydrogens is 334 g/mol. The second-order valence-electron chi connectivity index (χ2n) is 7.55. The van der Waals surface area contributed by atoms with E-state index in [4.69, 9.17) is 4.98 Å². The Balaban J connectivity index is 1.63. The Hall–Kier alpha value is -2.62. The molecular formula is C23H29N3O. The molecule has 0 aliphatic rings. The molecule has 1 amide bonds. The van der Waals surface area contributed by atoms with Crippen LogP contribution < -0.4 is 5.32 Å². The summed E-state index contributed by atoms with van der Waals surface area (Å²) in [5.74, 6) is 1.76. The Morgan fingerprint density at radius 1 is 1.11 bits per heavy atom. The summed E-state index contributed by atoms with van der Waals surface area (Å²) in [5.41, 5.74) is 4.45. The molecule has 0 aliphatic carbocycles. The predicted octanol–water partition coefficient (Wildman–Crippen LogP) is 4.29. The van der Waals surface area contributed by atoms with E-state index in [1.807, 2.05) is 37.3 Å². The van der Waals surface area contributed by atoms with Crippen LogP contribution in [0.1, 0.15) is 37.2 Å². The van der Waals surface area contributed by atoms with Gasteiger partial charge in [-0.05, 0) is 42.5 Å². The zero-order valence-corrected chi connectivity index (χ0v) is 16.5. The highest BCUT2D eigenvalue weighted by molar-refractivity contribution is 5.79. The number of carbonyl (C=O) groups is 1. The zero-order chi connectivity index (χ0) is 19.2. The molecule has 27 heavy (non-hydrogen) atoms. The van der Waals surface area contributed by atoms with Gasteiger partial charge in [0.25, 0.3) is 0 Å². The molecule has 4 nitrogen and oxygen atoms in total. The van der Waals surface area contributed by atoms with Gasteiger partial charge in [-0.15, -0.1) is 0 Å². The molecule has 0 atom stereocenters. The summed E-state index contributed by atoms with van der Waals surface area (Å²) in [6.07, 6.45) is 2.29. The summed E-state index contributed by atoms with van der Waals surface area (Å²) < 4.78 is 2.31. The fraction of sp³-hybridized carbons (Fsp3) is 0.391.